The number of aliphatic imine (C=N–C) groups is 1. The topological polar surface area (TPSA) is 50.4 Å². The molecule has 0 aromatic heterocycles. The van der Waals surface area contributed by atoms with Crippen molar-refractivity contribution in [3.05, 3.63) is 0 Å². The molecule has 0 radical (unpaired) electrons. The third-order valence-electron chi connectivity index (χ3n) is 5.00. The number of nitrogens with two attached hydrogens (primary N) is 1. The van der Waals surface area contributed by atoms with Gasteiger partial charge in [-0.2, -0.15) is 0 Å². The van der Waals surface area contributed by atoms with Crippen molar-refractivity contribution in [2.45, 2.75) is 76.3 Å². The van der Waals surface area contributed by atoms with Crippen molar-refractivity contribution < 1.29 is 0 Å². The van der Waals surface area contributed by atoms with E-state index in [0.29, 0.717) is 23.5 Å². The van der Waals surface area contributed by atoms with E-state index >= 15 is 0 Å². The molecule has 96 valence electrons. The molecule has 1 atom stereocenters. The van der Waals surface area contributed by atoms with Gasteiger partial charge in [0.25, 0.3) is 0 Å². The Bertz CT molecular complexity index is 299. The van der Waals surface area contributed by atoms with Gasteiger partial charge < -0.3 is 11.1 Å². The molecular weight excluding hydrogens is 210 g/mol. The zero-order valence-corrected chi connectivity index (χ0v) is 10.8. The van der Waals surface area contributed by atoms with E-state index in [4.69, 9.17) is 10.7 Å². The van der Waals surface area contributed by atoms with E-state index in [1.807, 2.05) is 0 Å². The smallest absolute Gasteiger partial charge is 0.189 e. The van der Waals surface area contributed by atoms with Crippen LogP contribution in [-0.4, -0.2) is 18.0 Å². The molecule has 0 bridgehead atoms. The Morgan fingerprint density at radius 3 is 2.47 bits per heavy atom. The van der Waals surface area contributed by atoms with Crippen molar-refractivity contribution in [2.24, 2.45) is 16.1 Å². The largest absolute Gasteiger partial charge is 0.370 e. The second-order valence-corrected chi connectivity index (χ2v) is 6.28. The van der Waals surface area contributed by atoms with E-state index < -0.39 is 0 Å². The Morgan fingerprint density at radius 2 is 1.76 bits per heavy atom. The highest BCUT2D eigenvalue weighted by atomic mass is 15.1. The van der Waals surface area contributed by atoms with E-state index in [9.17, 15) is 0 Å². The van der Waals surface area contributed by atoms with E-state index in [-0.39, 0.29) is 0 Å². The summed E-state index contributed by atoms with van der Waals surface area (Å²) in [6.07, 6.45) is 13.5. The molecule has 0 aromatic carbocycles. The lowest BCUT2D eigenvalue weighted by atomic mass is 9.96. The van der Waals surface area contributed by atoms with Crippen LogP contribution in [0.2, 0.25) is 0 Å². The summed E-state index contributed by atoms with van der Waals surface area (Å²) in [7, 11) is 0. The summed E-state index contributed by atoms with van der Waals surface area (Å²) >= 11 is 0. The number of nitrogens with one attached hydrogen (secondary N) is 1. The second-order valence-electron chi connectivity index (χ2n) is 6.28. The number of rotatable bonds is 2. The van der Waals surface area contributed by atoms with Gasteiger partial charge in [0.2, 0.25) is 0 Å². The molecule has 0 aliphatic heterocycles. The molecule has 3 N–H and O–H groups in total. The van der Waals surface area contributed by atoms with Crippen molar-refractivity contribution in [2.75, 3.05) is 0 Å². The number of hydrogen-bond donors (Lipinski definition) is 2. The molecule has 1 spiro atoms. The third-order valence-corrected chi connectivity index (χ3v) is 5.00. The van der Waals surface area contributed by atoms with Crippen molar-refractivity contribution >= 4 is 5.96 Å². The summed E-state index contributed by atoms with van der Waals surface area (Å²) < 4.78 is 0. The van der Waals surface area contributed by atoms with Crippen LogP contribution in [0.25, 0.3) is 0 Å². The molecule has 3 nitrogen and oxygen atoms in total. The van der Waals surface area contributed by atoms with Gasteiger partial charge in [0.15, 0.2) is 5.96 Å². The van der Waals surface area contributed by atoms with E-state index in [1.54, 1.807) is 0 Å². The van der Waals surface area contributed by atoms with Crippen LogP contribution in [0.5, 0.6) is 0 Å². The van der Waals surface area contributed by atoms with Crippen LogP contribution in [0.3, 0.4) is 0 Å². The molecule has 0 heterocycles. The van der Waals surface area contributed by atoms with Crippen LogP contribution in [0.1, 0.15) is 64.2 Å². The standard InChI is InChI=1S/C14H25N3/c15-13(16-11-6-2-1-3-7-11)17-12-10-14(12)8-4-5-9-14/h11-12H,1-10H2,(H3,15,16,17). The Balaban J connectivity index is 1.50. The quantitative estimate of drug-likeness (QED) is 0.571. The monoisotopic (exact) mass is 235 g/mol. The van der Waals surface area contributed by atoms with Crippen LogP contribution >= 0.6 is 0 Å². The first-order valence-electron chi connectivity index (χ1n) is 7.38. The van der Waals surface area contributed by atoms with Gasteiger partial charge in [-0.3, -0.25) is 0 Å². The summed E-state index contributed by atoms with van der Waals surface area (Å²) in [4.78, 5) is 4.70. The molecule has 3 saturated carbocycles. The maximum absolute atomic E-state index is 6.04. The fourth-order valence-corrected chi connectivity index (χ4v) is 3.79. The molecule has 3 heteroatoms. The van der Waals surface area contributed by atoms with Crippen molar-refractivity contribution in [1.82, 2.24) is 5.32 Å². The van der Waals surface area contributed by atoms with Crippen LogP contribution in [0.15, 0.2) is 4.99 Å². The first kappa shape index (κ1) is 11.4. The normalized spacial score (nSPS) is 32.9. The van der Waals surface area contributed by atoms with E-state index in [0.717, 1.165) is 0 Å². The van der Waals surface area contributed by atoms with E-state index in [1.165, 1.54) is 64.2 Å². The zero-order valence-electron chi connectivity index (χ0n) is 10.8. The molecule has 3 aliphatic rings. The molecule has 3 fully saturated rings. The van der Waals surface area contributed by atoms with Gasteiger partial charge in [-0.1, -0.05) is 32.1 Å². The minimum absolute atomic E-state index is 0.543. The highest BCUT2D eigenvalue weighted by molar-refractivity contribution is 5.78. The Hall–Kier alpha value is -0.730. The molecule has 3 aliphatic carbocycles. The molecular formula is C14H25N3. The van der Waals surface area contributed by atoms with Gasteiger partial charge in [-0.05, 0) is 37.5 Å². The lowest BCUT2D eigenvalue weighted by Crippen LogP contribution is -2.41. The predicted molar refractivity (Wildman–Crippen MR) is 70.9 cm³/mol. The highest BCUT2D eigenvalue weighted by Gasteiger charge is 2.55. The Kier molecular flexibility index (Phi) is 3.01. The van der Waals surface area contributed by atoms with Crippen molar-refractivity contribution in [3.8, 4) is 0 Å². The Morgan fingerprint density at radius 1 is 1.06 bits per heavy atom. The fraction of sp³-hybridized carbons (Fsp3) is 0.929. The minimum atomic E-state index is 0.543. The van der Waals surface area contributed by atoms with Crippen LogP contribution in [0, 0.1) is 5.41 Å². The summed E-state index contributed by atoms with van der Waals surface area (Å²) in [5, 5.41) is 3.42. The third kappa shape index (κ3) is 2.43. The maximum Gasteiger partial charge on any atom is 0.189 e. The highest BCUT2D eigenvalue weighted by Crippen LogP contribution is 2.59. The molecule has 0 aromatic rings. The Labute approximate surface area is 104 Å². The first-order valence-corrected chi connectivity index (χ1v) is 7.38. The summed E-state index contributed by atoms with van der Waals surface area (Å²) in [6.45, 7) is 0. The second kappa shape index (κ2) is 4.51. The minimum Gasteiger partial charge on any atom is -0.370 e. The summed E-state index contributed by atoms with van der Waals surface area (Å²) in [6, 6.07) is 1.13. The SMILES string of the molecule is NC(=NC1CC12CCCC2)NC1CCCCC1. The van der Waals surface area contributed by atoms with Gasteiger partial charge in [-0.25, -0.2) is 4.99 Å². The molecule has 17 heavy (non-hydrogen) atoms. The molecule has 0 saturated heterocycles. The van der Waals surface area contributed by atoms with Crippen LogP contribution in [-0.2, 0) is 0 Å². The number of nitrogens with zero attached hydrogens (tertiary/aromatic N) is 1. The molecule has 3 rings (SSSR count). The number of guanidine groups is 1. The fourth-order valence-electron chi connectivity index (χ4n) is 3.79. The maximum atomic E-state index is 6.04. The van der Waals surface area contributed by atoms with Crippen LogP contribution < -0.4 is 11.1 Å². The van der Waals surface area contributed by atoms with Gasteiger partial charge in [0, 0.05) is 6.04 Å². The van der Waals surface area contributed by atoms with Crippen molar-refractivity contribution in [3.63, 3.8) is 0 Å². The lowest BCUT2D eigenvalue weighted by molar-refractivity contribution is 0.411. The average molecular weight is 235 g/mol. The first-order chi connectivity index (χ1) is 8.28. The van der Waals surface area contributed by atoms with Gasteiger partial charge in [0.1, 0.15) is 0 Å². The molecule has 1 unspecified atom stereocenters. The lowest BCUT2D eigenvalue weighted by Gasteiger charge is -2.23. The zero-order chi connectivity index (χ0) is 11.7. The summed E-state index contributed by atoms with van der Waals surface area (Å²) in [5.41, 5.74) is 6.62. The molecule has 0 amide bonds. The van der Waals surface area contributed by atoms with Gasteiger partial charge in [0.05, 0.1) is 6.04 Å². The van der Waals surface area contributed by atoms with Gasteiger partial charge >= 0.3 is 0 Å². The van der Waals surface area contributed by atoms with Crippen LogP contribution in [0.4, 0.5) is 0 Å². The predicted octanol–water partition coefficient (Wildman–Crippen LogP) is 2.56. The van der Waals surface area contributed by atoms with Crippen molar-refractivity contribution in [1.29, 1.82) is 0 Å². The summed E-state index contributed by atoms with van der Waals surface area (Å²) in [5.74, 6) is 0.714. The number of hydrogen-bond acceptors (Lipinski definition) is 1. The van der Waals surface area contributed by atoms with Gasteiger partial charge in [-0.15, -0.1) is 0 Å². The average Bonchev–Trinajstić information content (AvgIpc) is 2.76. The van der Waals surface area contributed by atoms with E-state index in [2.05, 4.69) is 5.32 Å².